The molecule has 1 unspecified atom stereocenters. The molecule has 0 radical (unpaired) electrons. The van der Waals surface area contributed by atoms with Gasteiger partial charge in [-0.25, -0.2) is 4.79 Å². The Bertz CT molecular complexity index is 306. The Morgan fingerprint density at radius 2 is 1.86 bits per heavy atom. The van der Waals surface area contributed by atoms with Crippen LogP contribution in [0.2, 0.25) is 0 Å². The molecule has 0 N–H and O–H groups in total. The van der Waals surface area contributed by atoms with Crippen LogP contribution in [0, 0.1) is 0 Å². The van der Waals surface area contributed by atoms with E-state index in [1.165, 1.54) is 45.6 Å². The SMILES string of the molecule is COC(=O)OC1(CCCCCOC2CCCCCC2)CO1. The lowest BCUT2D eigenvalue weighted by atomic mass is 10.1. The Hall–Kier alpha value is -0.810. The Labute approximate surface area is 127 Å². The molecule has 0 aromatic heterocycles. The fraction of sp³-hybridized carbons (Fsp3) is 0.938. The van der Waals surface area contributed by atoms with Gasteiger partial charge in [-0.15, -0.1) is 0 Å². The molecule has 2 fully saturated rings. The highest BCUT2D eigenvalue weighted by Gasteiger charge is 2.49. The van der Waals surface area contributed by atoms with Gasteiger partial charge in [0.15, 0.2) is 0 Å². The van der Waals surface area contributed by atoms with Crippen molar-refractivity contribution >= 4 is 6.16 Å². The largest absolute Gasteiger partial charge is 0.510 e. The Balaban J connectivity index is 1.47. The van der Waals surface area contributed by atoms with Crippen LogP contribution in [0.3, 0.4) is 0 Å². The van der Waals surface area contributed by atoms with Gasteiger partial charge in [0.05, 0.1) is 13.2 Å². The molecule has 1 saturated heterocycles. The molecule has 122 valence electrons. The van der Waals surface area contributed by atoms with Crippen molar-refractivity contribution in [1.29, 1.82) is 0 Å². The van der Waals surface area contributed by atoms with Crippen LogP contribution in [0.1, 0.15) is 64.2 Å². The van der Waals surface area contributed by atoms with Gasteiger partial charge in [-0.3, -0.25) is 0 Å². The summed E-state index contributed by atoms with van der Waals surface area (Å²) < 4.78 is 20.8. The van der Waals surface area contributed by atoms with Gasteiger partial charge in [-0.2, -0.15) is 0 Å². The maximum absolute atomic E-state index is 11.1. The Kier molecular flexibility index (Phi) is 6.77. The first-order valence-corrected chi connectivity index (χ1v) is 8.27. The number of rotatable bonds is 8. The van der Waals surface area contributed by atoms with Gasteiger partial charge < -0.3 is 18.9 Å². The lowest BCUT2D eigenvalue weighted by Gasteiger charge is -2.15. The summed E-state index contributed by atoms with van der Waals surface area (Å²) in [4.78, 5) is 11.1. The minimum absolute atomic E-state index is 0.480. The molecule has 2 rings (SSSR count). The summed E-state index contributed by atoms with van der Waals surface area (Å²) in [7, 11) is 1.31. The summed E-state index contributed by atoms with van der Waals surface area (Å²) in [6.07, 6.45) is 11.5. The van der Waals surface area contributed by atoms with Crippen LogP contribution in [0.25, 0.3) is 0 Å². The lowest BCUT2D eigenvalue weighted by Crippen LogP contribution is -2.21. The van der Waals surface area contributed by atoms with Crippen LogP contribution in [-0.2, 0) is 18.9 Å². The molecule has 5 nitrogen and oxygen atoms in total. The average molecular weight is 300 g/mol. The molecule has 0 aromatic rings. The maximum Gasteiger partial charge on any atom is 0.510 e. The standard InChI is InChI=1S/C16H28O5/c1-18-15(17)21-16(13-20-16)11-7-4-8-12-19-14-9-5-2-3-6-10-14/h14H,2-13H2,1H3. The van der Waals surface area contributed by atoms with Crippen molar-refractivity contribution < 1.29 is 23.7 Å². The molecule has 5 heteroatoms. The number of hydrogen-bond acceptors (Lipinski definition) is 5. The summed E-state index contributed by atoms with van der Waals surface area (Å²) in [5, 5.41) is 0. The van der Waals surface area contributed by atoms with Crippen LogP contribution in [0.15, 0.2) is 0 Å². The normalized spacial score (nSPS) is 26.1. The third kappa shape index (κ3) is 6.22. The first-order valence-electron chi connectivity index (χ1n) is 8.27. The lowest BCUT2D eigenvalue weighted by molar-refractivity contribution is -0.0328. The monoisotopic (exact) mass is 300 g/mol. The third-order valence-corrected chi connectivity index (χ3v) is 4.26. The molecule has 1 heterocycles. The fourth-order valence-electron chi connectivity index (χ4n) is 2.86. The van der Waals surface area contributed by atoms with Crippen molar-refractivity contribution in [2.45, 2.75) is 76.1 Å². The zero-order valence-electron chi connectivity index (χ0n) is 13.1. The number of hydrogen-bond donors (Lipinski definition) is 0. The molecule has 2 aliphatic rings. The van der Waals surface area contributed by atoms with E-state index in [1.54, 1.807) is 0 Å². The van der Waals surface area contributed by atoms with Gasteiger partial charge in [-0.05, 0) is 25.7 Å². The number of carbonyl (C=O) groups is 1. The maximum atomic E-state index is 11.1. The van der Waals surface area contributed by atoms with Crippen LogP contribution in [-0.4, -0.2) is 38.4 Å². The number of unbranched alkanes of at least 4 members (excludes halogenated alkanes) is 2. The van der Waals surface area contributed by atoms with Crippen LogP contribution in [0.4, 0.5) is 4.79 Å². The van der Waals surface area contributed by atoms with E-state index >= 15 is 0 Å². The fourth-order valence-corrected chi connectivity index (χ4v) is 2.86. The van der Waals surface area contributed by atoms with Crippen molar-refractivity contribution in [3.63, 3.8) is 0 Å². The highest BCUT2D eigenvalue weighted by atomic mass is 16.8. The van der Waals surface area contributed by atoms with E-state index in [4.69, 9.17) is 14.2 Å². The summed E-state index contributed by atoms with van der Waals surface area (Å²) in [6, 6.07) is 0. The minimum Gasteiger partial charge on any atom is -0.438 e. The second-order valence-electron chi connectivity index (χ2n) is 6.05. The first-order chi connectivity index (χ1) is 10.2. The summed E-state index contributed by atoms with van der Waals surface area (Å²) in [5.74, 6) is -0.699. The highest BCUT2D eigenvalue weighted by Crippen LogP contribution is 2.34. The number of ether oxygens (including phenoxy) is 4. The first kappa shape index (κ1) is 16.6. The van der Waals surface area contributed by atoms with Crippen molar-refractivity contribution in [3.8, 4) is 0 Å². The quantitative estimate of drug-likeness (QED) is 0.295. The van der Waals surface area contributed by atoms with Crippen molar-refractivity contribution in [1.82, 2.24) is 0 Å². The van der Waals surface area contributed by atoms with E-state index < -0.39 is 11.9 Å². The summed E-state index contributed by atoms with van der Waals surface area (Å²) in [5.41, 5.74) is 0. The van der Waals surface area contributed by atoms with Gasteiger partial charge in [-0.1, -0.05) is 32.1 Å². The second-order valence-corrected chi connectivity index (χ2v) is 6.05. The molecule has 1 atom stereocenters. The molecule has 0 amide bonds. The summed E-state index contributed by atoms with van der Waals surface area (Å²) in [6.45, 7) is 1.33. The second kappa shape index (κ2) is 8.59. The van der Waals surface area contributed by atoms with Crippen LogP contribution in [0.5, 0.6) is 0 Å². The highest BCUT2D eigenvalue weighted by molar-refractivity contribution is 5.60. The number of epoxide rings is 1. The number of carbonyl (C=O) groups excluding carboxylic acids is 1. The minimum atomic E-state index is -0.699. The van der Waals surface area contributed by atoms with E-state index in [9.17, 15) is 4.79 Å². The molecular formula is C16H28O5. The average Bonchev–Trinajstić information content (AvgIpc) is 3.27. The number of methoxy groups -OCH3 is 1. The molecule has 1 aliphatic heterocycles. The Morgan fingerprint density at radius 3 is 2.48 bits per heavy atom. The summed E-state index contributed by atoms with van der Waals surface area (Å²) >= 11 is 0. The van der Waals surface area contributed by atoms with E-state index in [-0.39, 0.29) is 0 Å². The van der Waals surface area contributed by atoms with E-state index in [1.807, 2.05) is 0 Å². The molecule has 1 aliphatic carbocycles. The van der Waals surface area contributed by atoms with Gasteiger partial charge >= 0.3 is 6.16 Å². The van der Waals surface area contributed by atoms with Gasteiger partial charge in [0, 0.05) is 13.0 Å². The molecule has 0 spiro atoms. The Morgan fingerprint density at radius 1 is 1.14 bits per heavy atom. The molecule has 0 bridgehead atoms. The molecule has 21 heavy (non-hydrogen) atoms. The zero-order valence-corrected chi connectivity index (χ0v) is 13.1. The van der Waals surface area contributed by atoms with Gasteiger partial charge in [0.25, 0.3) is 0 Å². The third-order valence-electron chi connectivity index (χ3n) is 4.26. The van der Waals surface area contributed by atoms with Gasteiger partial charge in [0.1, 0.15) is 6.61 Å². The van der Waals surface area contributed by atoms with E-state index in [2.05, 4.69) is 4.74 Å². The molecule has 1 saturated carbocycles. The topological polar surface area (TPSA) is 57.3 Å². The zero-order chi connectivity index (χ0) is 15.0. The predicted octanol–water partition coefficient (Wildman–Crippen LogP) is 3.80. The smallest absolute Gasteiger partial charge is 0.438 e. The van der Waals surface area contributed by atoms with E-state index in [0.717, 1.165) is 32.3 Å². The molecular weight excluding hydrogens is 272 g/mol. The van der Waals surface area contributed by atoms with Crippen molar-refractivity contribution in [3.05, 3.63) is 0 Å². The van der Waals surface area contributed by atoms with Gasteiger partial charge in [0.2, 0.25) is 5.79 Å². The van der Waals surface area contributed by atoms with Crippen molar-refractivity contribution in [2.24, 2.45) is 0 Å². The predicted molar refractivity (Wildman–Crippen MR) is 78.1 cm³/mol. The van der Waals surface area contributed by atoms with E-state index in [0.29, 0.717) is 12.7 Å². The van der Waals surface area contributed by atoms with Crippen LogP contribution < -0.4 is 0 Å². The molecule has 0 aromatic carbocycles. The van der Waals surface area contributed by atoms with Crippen LogP contribution >= 0.6 is 0 Å². The van der Waals surface area contributed by atoms with Crippen molar-refractivity contribution in [2.75, 3.05) is 20.3 Å².